The van der Waals surface area contributed by atoms with Crippen molar-refractivity contribution >= 4 is 35.0 Å². The van der Waals surface area contributed by atoms with E-state index in [-0.39, 0.29) is 25.0 Å². The van der Waals surface area contributed by atoms with Gasteiger partial charge in [0.25, 0.3) is 5.91 Å². The first-order chi connectivity index (χ1) is 15.5. The van der Waals surface area contributed by atoms with Gasteiger partial charge in [-0.1, -0.05) is 30.3 Å². The molecule has 0 bridgehead atoms. The maximum absolute atomic E-state index is 13.2. The molecule has 0 saturated carbocycles. The van der Waals surface area contributed by atoms with Crippen molar-refractivity contribution in [2.75, 3.05) is 19.1 Å². The Kier molecular flexibility index (Phi) is 10.7. The summed E-state index contributed by atoms with van der Waals surface area (Å²) in [6.45, 7) is 1.99. The van der Waals surface area contributed by atoms with Crippen molar-refractivity contribution in [3.63, 3.8) is 0 Å². The predicted octanol–water partition coefficient (Wildman–Crippen LogP) is 1.79. The summed E-state index contributed by atoms with van der Waals surface area (Å²) in [6.07, 6.45) is 3.73. The van der Waals surface area contributed by atoms with Crippen molar-refractivity contribution in [3.05, 3.63) is 75.7 Å². The second-order valence-electron chi connectivity index (χ2n) is 7.29. The topological polar surface area (TPSA) is 88.5 Å². The van der Waals surface area contributed by atoms with E-state index in [0.717, 1.165) is 27.1 Å². The van der Waals surface area contributed by atoms with Crippen LogP contribution in [-0.4, -0.2) is 47.1 Å². The van der Waals surface area contributed by atoms with E-state index in [1.807, 2.05) is 49.6 Å². The fourth-order valence-corrected chi connectivity index (χ4v) is 4.71. The quantitative estimate of drug-likeness (QED) is 0.433. The van der Waals surface area contributed by atoms with Gasteiger partial charge in [0, 0.05) is 18.9 Å². The molecule has 1 amide bonds. The number of ether oxygens (including phenoxy) is 1. The summed E-state index contributed by atoms with van der Waals surface area (Å²) in [5.74, 6) is -0.799. The Morgan fingerprint density at radius 2 is 1.97 bits per heavy atom. The minimum atomic E-state index is -1.04. The molecule has 0 saturated heterocycles. The summed E-state index contributed by atoms with van der Waals surface area (Å²) < 4.78 is 5.73. The van der Waals surface area contributed by atoms with E-state index in [0.29, 0.717) is 17.7 Å². The zero-order chi connectivity index (χ0) is 23.1. The molecular formula is C24H26LiN2O4S2+. The van der Waals surface area contributed by atoms with Gasteiger partial charge in [0.15, 0.2) is 0 Å². The number of thioether (sulfide) groups is 1. The van der Waals surface area contributed by atoms with Gasteiger partial charge in [0.1, 0.15) is 12.1 Å². The zero-order valence-corrected chi connectivity index (χ0v) is 20.8. The van der Waals surface area contributed by atoms with Crippen LogP contribution in [0.4, 0.5) is 0 Å². The number of carboxylic acids is 1. The van der Waals surface area contributed by atoms with Crippen LogP contribution < -0.4 is 24.2 Å². The molecule has 1 heterocycles. The number of nitrogens with one attached hydrogen (secondary N) is 1. The van der Waals surface area contributed by atoms with Crippen LogP contribution in [0.3, 0.4) is 0 Å². The number of amides is 1. The smallest absolute Gasteiger partial charge is 0.480 e. The molecule has 0 spiro atoms. The number of carbonyl (C=O) groups excluding carboxylic acids is 1. The van der Waals surface area contributed by atoms with E-state index in [1.165, 1.54) is 11.3 Å². The fourth-order valence-electron chi connectivity index (χ4n) is 3.52. The Morgan fingerprint density at radius 1 is 1.21 bits per heavy atom. The molecule has 0 aliphatic carbocycles. The molecule has 2 unspecified atom stereocenters. The number of hydrogen-bond acceptors (Lipinski definition) is 6. The average Bonchev–Trinajstić information content (AvgIpc) is 3.31. The number of carboxylic acid groups (broad SMARTS) is 1. The first-order valence-corrected chi connectivity index (χ1v) is 12.4. The van der Waals surface area contributed by atoms with Crippen LogP contribution in [0, 0.1) is 6.92 Å². The van der Waals surface area contributed by atoms with Gasteiger partial charge in [-0.15, -0.1) is 11.3 Å². The Labute approximate surface area is 214 Å². The van der Waals surface area contributed by atoms with Crippen molar-refractivity contribution in [2.45, 2.75) is 25.5 Å². The summed E-state index contributed by atoms with van der Waals surface area (Å²) in [4.78, 5) is 29.9. The molecule has 33 heavy (non-hydrogen) atoms. The molecule has 3 aromatic rings. The molecule has 2 aromatic carbocycles. The number of aryl methyl sites for hydroxylation is 1. The van der Waals surface area contributed by atoms with Gasteiger partial charge in [-0.25, -0.2) is 4.79 Å². The molecule has 1 aromatic heterocycles. The van der Waals surface area contributed by atoms with Crippen molar-refractivity contribution < 1.29 is 38.3 Å². The number of aliphatic carboxylic acids is 1. The van der Waals surface area contributed by atoms with Crippen LogP contribution in [-0.2, 0) is 9.53 Å². The minimum Gasteiger partial charge on any atom is -0.480 e. The summed E-state index contributed by atoms with van der Waals surface area (Å²) in [6, 6.07) is 12.4. The Balaban J connectivity index is 0.00000385. The molecule has 2 N–H and O–H groups in total. The molecule has 0 radical (unpaired) electrons. The molecule has 0 aliphatic rings. The normalized spacial score (nSPS) is 12.5. The fraction of sp³-hybridized carbons (Fsp3) is 0.292. The number of carbonyl (C=O) groups is 2. The SMILES string of the molecule is COC(c1ccc(C(=O)NC(CCSC)C(=O)O)c(-c2ccccc2C)c1)c1cncs1.[Li+]. The Bertz CT molecular complexity index is 1080. The van der Waals surface area contributed by atoms with Crippen LogP contribution in [0.2, 0.25) is 0 Å². The first kappa shape index (κ1) is 27.2. The third kappa shape index (κ3) is 6.72. The molecule has 3 rings (SSSR count). The van der Waals surface area contributed by atoms with E-state index in [9.17, 15) is 14.7 Å². The number of nitrogens with zero attached hydrogens (tertiary/aromatic N) is 1. The molecule has 168 valence electrons. The van der Waals surface area contributed by atoms with E-state index >= 15 is 0 Å². The number of hydrogen-bond donors (Lipinski definition) is 2. The molecule has 6 nitrogen and oxygen atoms in total. The maximum Gasteiger partial charge on any atom is 1.00 e. The Hall–Kier alpha value is -2.08. The first-order valence-electron chi connectivity index (χ1n) is 10.1. The molecule has 2 atom stereocenters. The molecule has 0 aliphatic heterocycles. The van der Waals surface area contributed by atoms with Crippen molar-refractivity contribution in [2.24, 2.45) is 0 Å². The van der Waals surface area contributed by atoms with E-state index in [4.69, 9.17) is 4.74 Å². The van der Waals surface area contributed by atoms with E-state index < -0.39 is 17.9 Å². The van der Waals surface area contributed by atoms with Crippen molar-refractivity contribution in [1.29, 1.82) is 0 Å². The van der Waals surface area contributed by atoms with E-state index in [1.54, 1.807) is 36.6 Å². The van der Waals surface area contributed by atoms with Crippen LogP contribution >= 0.6 is 23.1 Å². The third-order valence-electron chi connectivity index (χ3n) is 5.19. The van der Waals surface area contributed by atoms with Crippen LogP contribution in [0.25, 0.3) is 11.1 Å². The van der Waals surface area contributed by atoms with Gasteiger partial charge in [0.05, 0.1) is 10.4 Å². The summed E-state index contributed by atoms with van der Waals surface area (Å²) in [7, 11) is 1.64. The van der Waals surface area contributed by atoms with Crippen molar-refractivity contribution in [1.82, 2.24) is 10.3 Å². The van der Waals surface area contributed by atoms with Gasteiger partial charge < -0.3 is 15.2 Å². The monoisotopic (exact) mass is 477 g/mol. The standard InChI is InChI=1S/C24H26N2O4S2.Li/c1-15-6-4-5-7-17(15)19-12-16(22(30-2)21-13-25-14-32-21)8-9-18(19)23(27)26-20(24(28)29)10-11-31-3;/h4-9,12-14,20,22H,10-11H2,1-3H3,(H,26,27)(H,28,29);/q;+1. The van der Waals surface area contributed by atoms with E-state index in [2.05, 4.69) is 10.3 Å². The van der Waals surface area contributed by atoms with Crippen molar-refractivity contribution in [3.8, 4) is 11.1 Å². The largest absolute Gasteiger partial charge is 1.00 e. The zero-order valence-electron chi connectivity index (χ0n) is 19.2. The second-order valence-corrected chi connectivity index (χ2v) is 9.19. The van der Waals surface area contributed by atoms with Gasteiger partial charge >= 0.3 is 24.8 Å². The maximum atomic E-state index is 13.2. The van der Waals surface area contributed by atoms with Gasteiger partial charge in [0.2, 0.25) is 0 Å². The third-order valence-corrected chi connectivity index (χ3v) is 6.65. The predicted molar refractivity (Wildman–Crippen MR) is 129 cm³/mol. The Morgan fingerprint density at radius 3 is 2.58 bits per heavy atom. The molecule has 0 fully saturated rings. The average molecular weight is 478 g/mol. The number of thiazole rings is 1. The van der Waals surface area contributed by atoms with Crippen LogP contribution in [0.5, 0.6) is 0 Å². The van der Waals surface area contributed by atoms with Gasteiger partial charge in [-0.3, -0.25) is 9.78 Å². The summed E-state index contributed by atoms with van der Waals surface area (Å²) in [5.41, 5.74) is 5.74. The second kappa shape index (κ2) is 13.0. The minimum absolute atomic E-state index is 0. The molecular weight excluding hydrogens is 451 g/mol. The van der Waals surface area contributed by atoms with Gasteiger partial charge in [-0.2, -0.15) is 11.8 Å². The van der Waals surface area contributed by atoms with Gasteiger partial charge in [-0.05, 0) is 59.7 Å². The number of benzene rings is 2. The summed E-state index contributed by atoms with van der Waals surface area (Å²) in [5, 5.41) is 12.2. The summed E-state index contributed by atoms with van der Waals surface area (Å²) >= 11 is 3.05. The number of rotatable bonds is 10. The molecule has 9 heteroatoms. The number of methoxy groups -OCH3 is 1. The number of aromatic nitrogens is 1. The van der Waals surface area contributed by atoms with Crippen LogP contribution in [0.15, 0.2) is 54.2 Å². The van der Waals surface area contributed by atoms with Crippen LogP contribution in [0.1, 0.15) is 38.9 Å².